The van der Waals surface area contributed by atoms with Crippen molar-refractivity contribution in [2.24, 2.45) is 5.73 Å². The number of nitrogens with zero attached hydrogens (tertiary/aromatic N) is 1. The zero-order valence-electron chi connectivity index (χ0n) is 12.8. The fourth-order valence-electron chi connectivity index (χ4n) is 2.47. The molecule has 1 aromatic rings. The van der Waals surface area contributed by atoms with Gasteiger partial charge in [-0.2, -0.15) is 5.26 Å². The number of nitriles is 1. The van der Waals surface area contributed by atoms with Crippen molar-refractivity contribution in [1.82, 2.24) is 0 Å². The van der Waals surface area contributed by atoms with Gasteiger partial charge in [-0.05, 0) is 26.0 Å². The third-order valence-corrected chi connectivity index (χ3v) is 3.89. The number of allylic oxidation sites excluding steroid dienone is 2. The molecule has 0 spiro atoms. The zero-order valence-corrected chi connectivity index (χ0v) is 14.4. The monoisotopic (exact) mass is 398 g/mol. The molecule has 0 saturated carbocycles. The van der Waals surface area contributed by atoms with Crippen molar-refractivity contribution in [2.45, 2.75) is 19.8 Å². The molecular formula is C16H13BrF2N2O3. The van der Waals surface area contributed by atoms with Gasteiger partial charge in [-0.1, -0.05) is 15.9 Å². The summed E-state index contributed by atoms with van der Waals surface area (Å²) >= 11 is 2.99. The molecule has 5 nitrogen and oxygen atoms in total. The van der Waals surface area contributed by atoms with E-state index in [1.165, 1.54) is 6.92 Å². The van der Waals surface area contributed by atoms with E-state index >= 15 is 0 Å². The SMILES string of the molecule is CCOC(=O)C1=C(C)OC(N)=C(C#N)C1c1c(F)cc(Br)cc1F. The lowest BCUT2D eigenvalue weighted by atomic mass is 9.82. The number of carbonyl (C=O) groups excluding carboxylic acids is 1. The van der Waals surface area contributed by atoms with Crippen LogP contribution in [-0.4, -0.2) is 12.6 Å². The Balaban J connectivity index is 2.75. The molecule has 1 unspecified atom stereocenters. The van der Waals surface area contributed by atoms with Gasteiger partial charge in [-0.15, -0.1) is 0 Å². The minimum Gasteiger partial charge on any atom is -0.463 e. The van der Waals surface area contributed by atoms with Crippen molar-refractivity contribution >= 4 is 21.9 Å². The van der Waals surface area contributed by atoms with E-state index in [0.717, 1.165) is 12.1 Å². The minimum absolute atomic E-state index is 0.0247. The molecule has 0 amide bonds. The second kappa shape index (κ2) is 7.01. The van der Waals surface area contributed by atoms with Gasteiger partial charge in [0.25, 0.3) is 0 Å². The van der Waals surface area contributed by atoms with Crippen LogP contribution in [0.25, 0.3) is 0 Å². The van der Waals surface area contributed by atoms with Gasteiger partial charge in [0.1, 0.15) is 29.0 Å². The molecule has 0 aliphatic carbocycles. The molecular weight excluding hydrogens is 386 g/mol. The van der Waals surface area contributed by atoms with Crippen molar-refractivity contribution < 1.29 is 23.0 Å². The number of hydrogen-bond donors (Lipinski definition) is 1. The van der Waals surface area contributed by atoms with Crippen LogP contribution < -0.4 is 5.73 Å². The predicted molar refractivity (Wildman–Crippen MR) is 84.0 cm³/mol. The third-order valence-electron chi connectivity index (χ3n) is 3.43. The van der Waals surface area contributed by atoms with Crippen molar-refractivity contribution in [3.8, 4) is 6.07 Å². The molecule has 0 saturated heterocycles. The minimum atomic E-state index is -1.35. The first-order chi connectivity index (χ1) is 11.3. The van der Waals surface area contributed by atoms with Gasteiger partial charge < -0.3 is 15.2 Å². The van der Waals surface area contributed by atoms with Crippen LogP contribution in [0, 0.1) is 23.0 Å². The highest BCUT2D eigenvalue weighted by Crippen LogP contribution is 2.42. The van der Waals surface area contributed by atoms with E-state index in [4.69, 9.17) is 15.2 Å². The Bertz CT molecular complexity index is 789. The van der Waals surface area contributed by atoms with Crippen LogP contribution in [0.3, 0.4) is 0 Å². The topological polar surface area (TPSA) is 85.3 Å². The molecule has 8 heteroatoms. The van der Waals surface area contributed by atoms with E-state index in [-0.39, 0.29) is 33.9 Å². The molecule has 0 aromatic heterocycles. The highest BCUT2D eigenvalue weighted by molar-refractivity contribution is 9.10. The second-order valence-corrected chi connectivity index (χ2v) is 5.81. The lowest BCUT2D eigenvalue weighted by molar-refractivity contribution is -0.139. The summed E-state index contributed by atoms with van der Waals surface area (Å²) in [6.07, 6.45) is 0. The highest BCUT2D eigenvalue weighted by atomic mass is 79.9. The standard InChI is InChI=1S/C16H13BrF2N2O3/c1-3-23-16(22)12-7(2)24-15(21)9(6-20)13(12)14-10(18)4-8(17)5-11(14)19/h4-5,13H,3,21H2,1-2H3. The lowest BCUT2D eigenvalue weighted by Crippen LogP contribution is -2.26. The number of esters is 1. The third kappa shape index (κ3) is 3.12. The van der Waals surface area contributed by atoms with Crippen LogP contribution >= 0.6 is 15.9 Å². The lowest BCUT2D eigenvalue weighted by Gasteiger charge is -2.27. The first kappa shape index (κ1) is 17.9. The average Bonchev–Trinajstić information content (AvgIpc) is 2.46. The van der Waals surface area contributed by atoms with Gasteiger partial charge in [0, 0.05) is 10.0 Å². The summed E-state index contributed by atoms with van der Waals surface area (Å²) < 4.78 is 39.1. The molecule has 1 heterocycles. The molecule has 1 aliphatic heterocycles. The van der Waals surface area contributed by atoms with Crippen molar-refractivity contribution in [3.05, 3.63) is 56.6 Å². The molecule has 1 aliphatic rings. The van der Waals surface area contributed by atoms with Gasteiger partial charge >= 0.3 is 5.97 Å². The number of carbonyl (C=O) groups is 1. The summed E-state index contributed by atoms with van der Waals surface area (Å²) in [6, 6.07) is 3.84. The smallest absolute Gasteiger partial charge is 0.338 e. The normalized spacial score (nSPS) is 17.4. The van der Waals surface area contributed by atoms with Gasteiger partial charge in [0.15, 0.2) is 0 Å². The van der Waals surface area contributed by atoms with E-state index in [1.807, 2.05) is 0 Å². The van der Waals surface area contributed by atoms with E-state index < -0.39 is 29.1 Å². The van der Waals surface area contributed by atoms with E-state index in [2.05, 4.69) is 15.9 Å². The molecule has 126 valence electrons. The van der Waals surface area contributed by atoms with Crippen LogP contribution in [-0.2, 0) is 14.3 Å². The van der Waals surface area contributed by atoms with Crippen LogP contribution in [0.1, 0.15) is 25.3 Å². The molecule has 1 atom stereocenters. The predicted octanol–water partition coefficient (Wildman–Crippen LogP) is 3.37. The Labute approximate surface area is 145 Å². The Morgan fingerprint density at radius 2 is 2.04 bits per heavy atom. The molecule has 2 rings (SSSR count). The van der Waals surface area contributed by atoms with E-state index in [0.29, 0.717) is 0 Å². The molecule has 1 aromatic carbocycles. The maximum atomic E-state index is 14.4. The first-order valence-electron chi connectivity index (χ1n) is 6.91. The van der Waals surface area contributed by atoms with Gasteiger partial charge in [-0.25, -0.2) is 13.6 Å². The van der Waals surface area contributed by atoms with E-state index in [1.54, 1.807) is 13.0 Å². The fourth-order valence-corrected chi connectivity index (χ4v) is 2.87. The van der Waals surface area contributed by atoms with Crippen molar-refractivity contribution in [1.29, 1.82) is 5.26 Å². The van der Waals surface area contributed by atoms with Gasteiger partial charge in [0.2, 0.25) is 5.88 Å². The molecule has 0 fully saturated rings. The van der Waals surface area contributed by atoms with Crippen molar-refractivity contribution in [2.75, 3.05) is 6.61 Å². The van der Waals surface area contributed by atoms with Gasteiger partial charge in [-0.3, -0.25) is 0 Å². The first-order valence-corrected chi connectivity index (χ1v) is 7.71. The molecule has 0 radical (unpaired) electrons. The Kier molecular flexibility index (Phi) is 5.24. The second-order valence-electron chi connectivity index (χ2n) is 4.90. The summed E-state index contributed by atoms with van der Waals surface area (Å²) in [6.45, 7) is 3.05. The van der Waals surface area contributed by atoms with Crippen LogP contribution in [0.2, 0.25) is 0 Å². The quantitative estimate of drug-likeness (QED) is 0.788. The number of rotatable bonds is 3. The number of benzene rings is 1. The largest absolute Gasteiger partial charge is 0.463 e. The van der Waals surface area contributed by atoms with Crippen molar-refractivity contribution in [3.63, 3.8) is 0 Å². The number of hydrogen-bond acceptors (Lipinski definition) is 5. The van der Waals surface area contributed by atoms with Crippen LogP contribution in [0.5, 0.6) is 0 Å². The molecule has 24 heavy (non-hydrogen) atoms. The summed E-state index contributed by atoms with van der Waals surface area (Å²) in [7, 11) is 0. The summed E-state index contributed by atoms with van der Waals surface area (Å²) in [5.41, 5.74) is 4.77. The Morgan fingerprint density at radius 3 is 2.54 bits per heavy atom. The van der Waals surface area contributed by atoms with E-state index in [9.17, 15) is 18.8 Å². The number of ether oxygens (including phenoxy) is 2. The maximum absolute atomic E-state index is 14.4. The average molecular weight is 399 g/mol. The fraction of sp³-hybridized carbons (Fsp3) is 0.250. The summed E-state index contributed by atoms with van der Waals surface area (Å²) in [4.78, 5) is 12.3. The van der Waals surface area contributed by atoms with Crippen LogP contribution in [0.4, 0.5) is 8.78 Å². The maximum Gasteiger partial charge on any atom is 0.338 e. The molecule has 2 N–H and O–H groups in total. The summed E-state index contributed by atoms with van der Waals surface area (Å²) in [5.74, 6) is -4.32. The Morgan fingerprint density at radius 1 is 1.46 bits per heavy atom. The zero-order chi connectivity index (χ0) is 18.0. The van der Waals surface area contributed by atoms with Crippen LogP contribution in [0.15, 0.2) is 39.4 Å². The number of halogens is 3. The number of nitrogens with two attached hydrogens (primary N) is 1. The highest BCUT2D eigenvalue weighted by Gasteiger charge is 2.39. The summed E-state index contributed by atoms with van der Waals surface area (Å²) in [5, 5.41) is 9.35. The van der Waals surface area contributed by atoms with Gasteiger partial charge in [0.05, 0.1) is 18.1 Å². The molecule has 0 bridgehead atoms. The Hall–Kier alpha value is -2.40.